The number of rotatable bonds is 8. The van der Waals surface area contributed by atoms with Crippen LogP contribution in [-0.2, 0) is 16.1 Å². The van der Waals surface area contributed by atoms with Crippen LogP contribution in [0, 0.1) is 13.8 Å². The lowest BCUT2D eigenvalue weighted by molar-refractivity contribution is -0.139. The molecule has 0 amide bonds. The highest BCUT2D eigenvalue weighted by molar-refractivity contribution is 7.99. The quantitative estimate of drug-likeness (QED) is 0.487. The van der Waals surface area contributed by atoms with Gasteiger partial charge in [-0.1, -0.05) is 23.4 Å². The highest BCUT2D eigenvalue weighted by Gasteiger charge is 2.20. The summed E-state index contributed by atoms with van der Waals surface area (Å²) in [7, 11) is 0. The lowest BCUT2D eigenvalue weighted by atomic mass is 10.1. The maximum Gasteiger partial charge on any atom is 0.316 e. The van der Waals surface area contributed by atoms with Crippen molar-refractivity contribution in [2.75, 3.05) is 12.4 Å². The van der Waals surface area contributed by atoms with Gasteiger partial charge in [0, 0.05) is 11.6 Å². The van der Waals surface area contributed by atoms with Crippen LogP contribution in [0.2, 0.25) is 5.02 Å². The second-order valence-electron chi connectivity index (χ2n) is 5.81. The summed E-state index contributed by atoms with van der Waals surface area (Å²) in [6, 6.07) is 3.82. The van der Waals surface area contributed by atoms with E-state index in [2.05, 4.69) is 10.2 Å². The summed E-state index contributed by atoms with van der Waals surface area (Å²) < 4.78 is 13.0. The molecule has 6 nitrogen and oxygen atoms in total. The van der Waals surface area contributed by atoms with E-state index in [1.54, 1.807) is 6.92 Å². The molecule has 0 bridgehead atoms. The van der Waals surface area contributed by atoms with E-state index in [0.717, 1.165) is 21.9 Å². The summed E-state index contributed by atoms with van der Waals surface area (Å²) in [5.74, 6) is 1.39. The Hall–Kier alpha value is -1.73. The summed E-state index contributed by atoms with van der Waals surface area (Å²) in [6.07, 6.45) is -0.292. The average molecular weight is 398 g/mol. The van der Waals surface area contributed by atoms with Gasteiger partial charge in [-0.05, 0) is 57.9 Å². The highest BCUT2D eigenvalue weighted by atomic mass is 35.5. The number of aromatic nitrogens is 3. The van der Waals surface area contributed by atoms with E-state index in [1.807, 2.05) is 44.4 Å². The van der Waals surface area contributed by atoms with Gasteiger partial charge in [-0.25, -0.2) is 0 Å². The Labute approximate surface area is 163 Å². The van der Waals surface area contributed by atoms with Gasteiger partial charge in [0.1, 0.15) is 5.75 Å². The zero-order valence-corrected chi connectivity index (χ0v) is 17.3. The summed E-state index contributed by atoms with van der Waals surface area (Å²) in [4.78, 5) is 11.6. The lowest BCUT2D eigenvalue weighted by Crippen LogP contribution is -2.13. The molecule has 2 aromatic rings. The predicted octanol–water partition coefficient (Wildman–Crippen LogP) is 4.36. The molecule has 1 atom stereocenters. The van der Waals surface area contributed by atoms with Gasteiger partial charge >= 0.3 is 5.97 Å². The van der Waals surface area contributed by atoms with Gasteiger partial charge in [-0.15, -0.1) is 10.2 Å². The predicted molar refractivity (Wildman–Crippen MR) is 103 cm³/mol. The molecular weight excluding hydrogens is 374 g/mol. The summed E-state index contributed by atoms with van der Waals surface area (Å²) in [6.45, 7) is 10.7. The van der Waals surface area contributed by atoms with Crippen LogP contribution >= 0.6 is 23.4 Å². The van der Waals surface area contributed by atoms with Crippen molar-refractivity contribution in [2.24, 2.45) is 0 Å². The fourth-order valence-electron chi connectivity index (χ4n) is 2.56. The van der Waals surface area contributed by atoms with E-state index in [0.29, 0.717) is 24.1 Å². The van der Waals surface area contributed by atoms with Crippen molar-refractivity contribution >= 4 is 29.3 Å². The third kappa shape index (κ3) is 4.92. The number of halogens is 1. The molecule has 0 fully saturated rings. The number of hydrogen-bond acceptors (Lipinski definition) is 6. The standard InChI is InChI=1S/C18H24ClN3O3S/c1-6-22-17(20-21-18(22)26-10-15(23)24-7-2)13(5)25-14-8-11(3)16(19)12(4)9-14/h8-9,13H,6-7,10H2,1-5H3. The lowest BCUT2D eigenvalue weighted by Gasteiger charge is -2.17. The van der Waals surface area contributed by atoms with Crippen molar-refractivity contribution in [1.29, 1.82) is 0 Å². The van der Waals surface area contributed by atoms with Crippen LogP contribution in [-0.4, -0.2) is 33.1 Å². The Bertz CT molecular complexity index is 756. The molecule has 0 aliphatic rings. The van der Waals surface area contributed by atoms with Crippen LogP contribution in [0.25, 0.3) is 0 Å². The second-order valence-corrected chi connectivity index (χ2v) is 7.13. The smallest absolute Gasteiger partial charge is 0.316 e. The van der Waals surface area contributed by atoms with E-state index < -0.39 is 0 Å². The van der Waals surface area contributed by atoms with Crippen LogP contribution in [0.5, 0.6) is 5.75 Å². The Morgan fingerprint density at radius 1 is 1.27 bits per heavy atom. The van der Waals surface area contributed by atoms with Gasteiger partial charge in [0.2, 0.25) is 0 Å². The Balaban J connectivity index is 2.14. The number of nitrogens with zero attached hydrogens (tertiary/aromatic N) is 3. The normalized spacial score (nSPS) is 12.1. The number of hydrogen-bond donors (Lipinski definition) is 0. The van der Waals surface area contributed by atoms with Crippen LogP contribution in [0.4, 0.5) is 0 Å². The van der Waals surface area contributed by atoms with E-state index in [-0.39, 0.29) is 17.8 Å². The van der Waals surface area contributed by atoms with Crippen molar-refractivity contribution in [3.8, 4) is 5.75 Å². The molecule has 1 unspecified atom stereocenters. The van der Waals surface area contributed by atoms with Crippen molar-refractivity contribution in [3.05, 3.63) is 34.1 Å². The molecule has 0 aliphatic heterocycles. The van der Waals surface area contributed by atoms with Crippen molar-refractivity contribution in [2.45, 2.75) is 52.4 Å². The number of thioether (sulfide) groups is 1. The summed E-state index contributed by atoms with van der Waals surface area (Å²) in [5, 5.41) is 9.88. The van der Waals surface area contributed by atoms with Crippen LogP contribution in [0.15, 0.2) is 17.3 Å². The molecule has 1 heterocycles. The molecule has 0 saturated carbocycles. The monoisotopic (exact) mass is 397 g/mol. The minimum atomic E-state index is -0.292. The molecule has 0 saturated heterocycles. The minimum absolute atomic E-state index is 0.205. The maximum atomic E-state index is 11.6. The zero-order chi connectivity index (χ0) is 19.3. The van der Waals surface area contributed by atoms with Crippen LogP contribution in [0.1, 0.15) is 43.8 Å². The molecule has 0 spiro atoms. The molecule has 0 aliphatic carbocycles. The molecule has 2 rings (SSSR count). The number of benzene rings is 1. The van der Waals surface area contributed by atoms with E-state index >= 15 is 0 Å². The SMILES string of the molecule is CCOC(=O)CSc1nnc(C(C)Oc2cc(C)c(Cl)c(C)c2)n1CC. The Morgan fingerprint density at radius 2 is 1.92 bits per heavy atom. The number of ether oxygens (including phenoxy) is 2. The molecule has 8 heteroatoms. The first-order chi connectivity index (χ1) is 12.4. The Kier molecular flexibility index (Phi) is 7.34. The molecule has 0 N–H and O–H groups in total. The third-order valence-electron chi connectivity index (χ3n) is 3.77. The first-order valence-electron chi connectivity index (χ1n) is 8.52. The second kappa shape index (κ2) is 9.28. The van der Waals surface area contributed by atoms with E-state index in [4.69, 9.17) is 21.1 Å². The fourth-order valence-corrected chi connectivity index (χ4v) is 3.48. The summed E-state index contributed by atoms with van der Waals surface area (Å²) >= 11 is 7.53. The fraction of sp³-hybridized carbons (Fsp3) is 0.500. The van der Waals surface area contributed by atoms with E-state index in [9.17, 15) is 4.79 Å². The van der Waals surface area contributed by atoms with Crippen molar-refractivity contribution in [1.82, 2.24) is 14.8 Å². The highest BCUT2D eigenvalue weighted by Crippen LogP contribution is 2.29. The molecule has 1 aromatic carbocycles. The minimum Gasteiger partial charge on any atom is -0.483 e. The number of aryl methyl sites for hydroxylation is 2. The molecule has 1 aromatic heterocycles. The van der Waals surface area contributed by atoms with Gasteiger partial charge in [0.15, 0.2) is 17.1 Å². The summed E-state index contributed by atoms with van der Waals surface area (Å²) in [5.41, 5.74) is 1.94. The average Bonchev–Trinajstić information content (AvgIpc) is 3.01. The largest absolute Gasteiger partial charge is 0.483 e. The van der Waals surface area contributed by atoms with Gasteiger partial charge < -0.3 is 14.0 Å². The number of carbonyl (C=O) groups is 1. The van der Waals surface area contributed by atoms with Crippen molar-refractivity contribution in [3.63, 3.8) is 0 Å². The van der Waals surface area contributed by atoms with E-state index in [1.165, 1.54) is 11.8 Å². The van der Waals surface area contributed by atoms with Gasteiger partial charge in [-0.3, -0.25) is 4.79 Å². The van der Waals surface area contributed by atoms with Gasteiger partial charge in [0.05, 0.1) is 12.4 Å². The topological polar surface area (TPSA) is 66.2 Å². The number of carbonyl (C=O) groups excluding carboxylic acids is 1. The first kappa shape index (κ1) is 20.6. The van der Waals surface area contributed by atoms with Gasteiger partial charge in [-0.2, -0.15) is 0 Å². The molecular formula is C18H24ClN3O3S. The number of esters is 1. The molecule has 0 radical (unpaired) electrons. The van der Waals surface area contributed by atoms with Crippen LogP contribution < -0.4 is 4.74 Å². The first-order valence-corrected chi connectivity index (χ1v) is 9.88. The van der Waals surface area contributed by atoms with Crippen molar-refractivity contribution < 1.29 is 14.3 Å². The van der Waals surface area contributed by atoms with Crippen LogP contribution in [0.3, 0.4) is 0 Å². The Morgan fingerprint density at radius 3 is 2.50 bits per heavy atom. The third-order valence-corrected chi connectivity index (χ3v) is 5.31. The molecule has 142 valence electrons. The zero-order valence-electron chi connectivity index (χ0n) is 15.7. The maximum absolute atomic E-state index is 11.6. The molecule has 26 heavy (non-hydrogen) atoms. The van der Waals surface area contributed by atoms with Gasteiger partial charge in [0.25, 0.3) is 0 Å².